The number of likely N-dealkylation sites (tertiary alicyclic amines) is 1. The van der Waals surface area contributed by atoms with Crippen molar-refractivity contribution < 1.29 is 14.6 Å². The molecule has 1 atom stereocenters. The molecule has 2 fully saturated rings. The summed E-state index contributed by atoms with van der Waals surface area (Å²) in [5.41, 5.74) is -0.100. The van der Waals surface area contributed by atoms with Gasteiger partial charge in [-0.1, -0.05) is 12.1 Å². The number of carbonyl (C=O) groups is 1. The first-order valence-electron chi connectivity index (χ1n) is 8.20. The Bertz CT molecular complexity index is 580. The number of carbonyl (C=O) groups excluding carboxylic acids is 1. The van der Waals surface area contributed by atoms with Crippen molar-refractivity contribution >= 4 is 5.91 Å². The van der Waals surface area contributed by atoms with Crippen LogP contribution in [-0.4, -0.2) is 67.3 Å². The van der Waals surface area contributed by atoms with Crippen molar-refractivity contribution in [3.63, 3.8) is 0 Å². The summed E-state index contributed by atoms with van der Waals surface area (Å²) in [4.78, 5) is 16.9. The highest BCUT2D eigenvalue weighted by atomic mass is 16.5. The summed E-state index contributed by atoms with van der Waals surface area (Å²) < 4.78 is 5.19. The van der Waals surface area contributed by atoms with Crippen molar-refractivity contribution in [3.8, 4) is 5.75 Å². The van der Waals surface area contributed by atoms with Crippen LogP contribution in [0.25, 0.3) is 0 Å². The number of methoxy groups -OCH3 is 1. The van der Waals surface area contributed by atoms with Crippen LogP contribution < -0.4 is 4.74 Å². The van der Waals surface area contributed by atoms with Crippen molar-refractivity contribution in [1.29, 1.82) is 0 Å². The fourth-order valence-corrected chi connectivity index (χ4v) is 3.71. The van der Waals surface area contributed by atoms with Crippen LogP contribution in [0.5, 0.6) is 5.75 Å². The van der Waals surface area contributed by atoms with Gasteiger partial charge in [0.05, 0.1) is 24.7 Å². The number of hydrogen-bond acceptors (Lipinski definition) is 4. The van der Waals surface area contributed by atoms with E-state index in [0.29, 0.717) is 26.1 Å². The molecule has 1 aromatic rings. The first kappa shape index (κ1) is 16.3. The Morgan fingerprint density at radius 2 is 1.91 bits per heavy atom. The Morgan fingerprint density at radius 1 is 1.26 bits per heavy atom. The molecule has 23 heavy (non-hydrogen) atoms. The number of amides is 1. The van der Waals surface area contributed by atoms with E-state index in [1.807, 2.05) is 48.2 Å². The van der Waals surface area contributed by atoms with Gasteiger partial charge in [0, 0.05) is 13.1 Å². The molecule has 1 aliphatic heterocycles. The molecule has 1 saturated heterocycles. The van der Waals surface area contributed by atoms with Gasteiger partial charge in [0.15, 0.2) is 0 Å². The molecule has 5 heteroatoms. The van der Waals surface area contributed by atoms with Crippen LogP contribution in [-0.2, 0) is 10.2 Å². The second-order valence-corrected chi connectivity index (χ2v) is 7.25. The maximum atomic E-state index is 13.0. The summed E-state index contributed by atoms with van der Waals surface area (Å²) in [6.07, 6.45) is 2.43. The maximum absolute atomic E-state index is 13.0. The van der Waals surface area contributed by atoms with E-state index in [1.165, 1.54) is 0 Å². The molecule has 1 N–H and O–H groups in total. The molecule has 3 rings (SSSR count). The second kappa shape index (κ2) is 5.80. The zero-order valence-corrected chi connectivity index (χ0v) is 14.2. The van der Waals surface area contributed by atoms with Crippen LogP contribution in [0.1, 0.15) is 24.8 Å². The zero-order chi connectivity index (χ0) is 16.7. The van der Waals surface area contributed by atoms with Gasteiger partial charge in [0.1, 0.15) is 5.75 Å². The number of rotatable bonds is 5. The van der Waals surface area contributed by atoms with Gasteiger partial charge >= 0.3 is 0 Å². The monoisotopic (exact) mass is 318 g/mol. The molecule has 5 nitrogen and oxygen atoms in total. The van der Waals surface area contributed by atoms with E-state index in [4.69, 9.17) is 4.74 Å². The summed E-state index contributed by atoms with van der Waals surface area (Å²) in [5.74, 6) is 0.968. The van der Waals surface area contributed by atoms with Crippen molar-refractivity contribution in [3.05, 3.63) is 29.8 Å². The predicted octanol–water partition coefficient (Wildman–Crippen LogP) is 1.25. The summed E-state index contributed by atoms with van der Waals surface area (Å²) in [7, 11) is 5.53. The van der Waals surface area contributed by atoms with Gasteiger partial charge in [-0.05, 0) is 51.1 Å². The fourth-order valence-electron chi connectivity index (χ4n) is 3.71. The standard InChI is InChI=1S/C18H26N2O3/c1-19(2)12-17(22)10-11-20(13-17)16(21)18(8-9-18)14-4-6-15(23-3)7-5-14/h4-7,22H,8-13H2,1-3H3/t17-/m0/s1. The lowest BCUT2D eigenvalue weighted by Gasteiger charge is -2.28. The van der Waals surface area contributed by atoms with E-state index in [2.05, 4.69) is 0 Å². The Hall–Kier alpha value is -1.59. The van der Waals surface area contributed by atoms with Crippen molar-refractivity contribution in [2.75, 3.05) is 40.8 Å². The third kappa shape index (κ3) is 3.08. The van der Waals surface area contributed by atoms with E-state index in [-0.39, 0.29) is 11.3 Å². The smallest absolute Gasteiger partial charge is 0.233 e. The lowest BCUT2D eigenvalue weighted by molar-refractivity contribution is -0.134. The van der Waals surface area contributed by atoms with E-state index < -0.39 is 5.60 Å². The lowest BCUT2D eigenvalue weighted by Crippen LogP contribution is -2.45. The van der Waals surface area contributed by atoms with Gasteiger partial charge in [-0.25, -0.2) is 0 Å². The molecule has 0 spiro atoms. The normalized spacial score (nSPS) is 25.7. The number of likely N-dealkylation sites (N-methyl/N-ethyl adjacent to an activating group) is 1. The molecule has 0 radical (unpaired) electrons. The van der Waals surface area contributed by atoms with Gasteiger partial charge in [0.25, 0.3) is 0 Å². The Balaban J connectivity index is 1.73. The van der Waals surface area contributed by atoms with Gasteiger partial charge < -0.3 is 19.6 Å². The average Bonchev–Trinajstić information content (AvgIpc) is 3.24. The molecular formula is C18H26N2O3. The topological polar surface area (TPSA) is 53.0 Å². The van der Waals surface area contributed by atoms with E-state index >= 15 is 0 Å². The van der Waals surface area contributed by atoms with Crippen LogP contribution in [0, 0.1) is 0 Å². The van der Waals surface area contributed by atoms with Crippen LogP contribution in [0.2, 0.25) is 0 Å². The van der Waals surface area contributed by atoms with Crippen LogP contribution in [0.3, 0.4) is 0 Å². The molecule has 0 aromatic heterocycles. The third-order valence-corrected chi connectivity index (χ3v) is 5.03. The third-order valence-electron chi connectivity index (χ3n) is 5.03. The molecule has 1 saturated carbocycles. The quantitative estimate of drug-likeness (QED) is 0.888. The number of hydrogen-bond donors (Lipinski definition) is 1. The number of nitrogens with zero attached hydrogens (tertiary/aromatic N) is 2. The van der Waals surface area contributed by atoms with E-state index in [1.54, 1.807) is 7.11 Å². The summed E-state index contributed by atoms with van der Waals surface area (Å²) >= 11 is 0. The Labute approximate surface area is 137 Å². The molecule has 0 bridgehead atoms. The molecular weight excluding hydrogens is 292 g/mol. The highest BCUT2D eigenvalue weighted by Gasteiger charge is 2.54. The minimum absolute atomic E-state index is 0.164. The van der Waals surface area contributed by atoms with Gasteiger partial charge in [-0.2, -0.15) is 0 Å². The molecule has 1 amide bonds. The maximum Gasteiger partial charge on any atom is 0.233 e. The highest BCUT2D eigenvalue weighted by molar-refractivity contribution is 5.91. The van der Waals surface area contributed by atoms with Crippen LogP contribution >= 0.6 is 0 Å². The molecule has 126 valence electrons. The van der Waals surface area contributed by atoms with Crippen molar-refractivity contribution in [2.45, 2.75) is 30.3 Å². The number of aliphatic hydroxyl groups is 1. The SMILES string of the molecule is COc1ccc(C2(C(=O)N3CC[C@](O)(CN(C)C)C3)CC2)cc1. The largest absolute Gasteiger partial charge is 0.497 e. The zero-order valence-electron chi connectivity index (χ0n) is 14.2. The van der Waals surface area contributed by atoms with Gasteiger partial charge in [0.2, 0.25) is 5.91 Å². The first-order valence-corrected chi connectivity index (χ1v) is 8.20. The minimum atomic E-state index is -0.783. The van der Waals surface area contributed by atoms with Crippen molar-refractivity contribution in [1.82, 2.24) is 9.80 Å². The molecule has 1 heterocycles. The number of ether oxygens (including phenoxy) is 1. The van der Waals surface area contributed by atoms with E-state index in [9.17, 15) is 9.90 Å². The van der Waals surface area contributed by atoms with Crippen LogP contribution in [0.15, 0.2) is 24.3 Å². The summed E-state index contributed by atoms with van der Waals surface area (Å²) in [6, 6.07) is 7.81. The fraction of sp³-hybridized carbons (Fsp3) is 0.611. The minimum Gasteiger partial charge on any atom is -0.497 e. The van der Waals surface area contributed by atoms with Crippen LogP contribution in [0.4, 0.5) is 0 Å². The van der Waals surface area contributed by atoms with E-state index in [0.717, 1.165) is 24.2 Å². The average molecular weight is 318 g/mol. The number of β-amino-alcohol motifs (C(OH)–C–C–N with tert-alkyl or cyclic N) is 1. The molecule has 0 unspecified atom stereocenters. The number of benzene rings is 1. The first-order chi connectivity index (χ1) is 10.9. The molecule has 1 aromatic carbocycles. The summed E-state index contributed by atoms with van der Waals surface area (Å²) in [5, 5.41) is 10.7. The molecule has 2 aliphatic rings. The molecule has 1 aliphatic carbocycles. The predicted molar refractivity (Wildman–Crippen MR) is 88.6 cm³/mol. The van der Waals surface area contributed by atoms with Crippen molar-refractivity contribution in [2.24, 2.45) is 0 Å². The summed E-state index contributed by atoms with van der Waals surface area (Å²) in [6.45, 7) is 1.66. The Morgan fingerprint density at radius 3 is 2.43 bits per heavy atom. The lowest BCUT2D eigenvalue weighted by atomic mass is 9.94. The highest BCUT2D eigenvalue weighted by Crippen LogP contribution is 2.50. The Kier molecular flexibility index (Phi) is 4.10. The second-order valence-electron chi connectivity index (χ2n) is 7.25. The van der Waals surface area contributed by atoms with Gasteiger partial charge in [-0.15, -0.1) is 0 Å². The van der Waals surface area contributed by atoms with Gasteiger partial charge in [-0.3, -0.25) is 4.79 Å².